The topological polar surface area (TPSA) is 92.5 Å². The van der Waals surface area contributed by atoms with Gasteiger partial charge in [0.2, 0.25) is 10.0 Å². The summed E-state index contributed by atoms with van der Waals surface area (Å²) in [5.41, 5.74) is 1.41. The fourth-order valence-electron chi connectivity index (χ4n) is 3.20. The summed E-state index contributed by atoms with van der Waals surface area (Å²) in [4.78, 5) is 0. The SMILES string of the molecule is CC1CN(c2ccc(CNc3ccc4nnc(C(F)(F)F)n4n3)cc2)S(=O)(=O)C1. The Morgan fingerprint density at radius 3 is 2.48 bits per heavy atom. The molecule has 1 aliphatic heterocycles. The first-order valence-corrected chi connectivity index (χ1v) is 10.4. The Kier molecular flexibility index (Phi) is 4.60. The van der Waals surface area contributed by atoms with Gasteiger partial charge in [-0.25, -0.2) is 8.42 Å². The van der Waals surface area contributed by atoms with E-state index in [4.69, 9.17) is 0 Å². The second-order valence-electron chi connectivity index (χ2n) is 6.94. The van der Waals surface area contributed by atoms with Crippen LogP contribution in [0.15, 0.2) is 36.4 Å². The molecule has 154 valence electrons. The number of hydrogen-bond acceptors (Lipinski definition) is 6. The van der Waals surface area contributed by atoms with E-state index in [9.17, 15) is 21.6 Å². The highest BCUT2D eigenvalue weighted by atomic mass is 32.2. The highest BCUT2D eigenvalue weighted by Crippen LogP contribution is 2.28. The molecule has 1 unspecified atom stereocenters. The van der Waals surface area contributed by atoms with E-state index < -0.39 is 22.0 Å². The van der Waals surface area contributed by atoms with Gasteiger partial charge in [-0.2, -0.15) is 17.7 Å². The summed E-state index contributed by atoms with van der Waals surface area (Å²) < 4.78 is 65.2. The molecule has 1 N–H and O–H groups in total. The molecule has 1 aromatic carbocycles. The van der Waals surface area contributed by atoms with Crippen molar-refractivity contribution < 1.29 is 21.6 Å². The summed E-state index contributed by atoms with van der Waals surface area (Å²) in [6, 6.07) is 9.85. The summed E-state index contributed by atoms with van der Waals surface area (Å²) in [6.45, 7) is 2.63. The molecule has 29 heavy (non-hydrogen) atoms. The van der Waals surface area contributed by atoms with Gasteiger partial charge in [-0.15, -0.1) is 15.3 Å². The van der Waals surface area contributed by atoms with Gasteiger partial charge in [-0.1, -0.05) is 19.1 Å². The van der Waals surface area contributed by atoms with E-state index in [-0.39, 0.29) is 23.1 Å². The summed E-state index contributed by atoms with van der Waals surface area (Å²) in [5.74, 6) is -0.765. The molecule has 0 amide bonds. The standard InChI is InChI=1S/C17H17F3N6O2S/c1-11-9-25(29(27,28)10-11)13-4-2-12(3-5-13)8-21-14-6-7-15-22-23-16(17(18,19)20)26(15)24-14/h2-7,11H,8-10H2,1H3,(H,21,24). The van der Waals surface area contributed by atoms with Crippen molar-refractivity contribution in [3.63, 3.8) is 0 Å². The number of halogens is 3. The van der Waals surface area contributed by atoms with E-state index in [2.05, 4.69) is 20.6 Å². The fourth-order valence-corrected chi connectivity index (χ4v) is 5.13. The lowest BCUT2D eigenvalue weighted by atomic mass is 10.2. The monoisotopic (exact) mass is 426 g/mol. The highest BCUT2D eigenvalue weighted by Gasteiger charge is 2.37. The van der Waals surface area contributed by atoms with Gasteiger partial charge in [0.05, 0.1) is 11.4 Å². The van der Waals surface area contributed by atoms with Crippen LogP contribution < -0.4 is 9.62 Å². The molecule has 3 heterocycles. The Labute approximate surface area is 164 Å². The molecule has 8 nitrogen and oxygen atoms in total. The van der Waals surface area contributed by atoms with Gasteiger partial charge >= 0.3 is 6.18 Å². The summed E-state index contributed by atoms with van der Waals surface area (Å²) in [7, 11) is -3.29. The number of hydrogen-bond donors (Lipinski definition) is 1. The minimum atomic E-state index is -4.66. The first kappa shape index (κ1) is 19.4. The zero-order valence-electron chi connectivity index (χ0n) is 15.3. The van der Waals surface area contributed by atoms with E-state index in [0.717, 1.165) is 5.56 Å². The molecular weight excluding hydrogens is 409 g/mol. The molecule has 4 rings (SSSR count). The molecule has 1 fully saturated rings. The van der Waals surface area contributed by atoms with Crippen LogP contribution in [0.1, 0.15) is 18.3 Å². The fraction of sp³-hybridized carbons (Fsp3) is 0.353. The normalized spacial score (nSPS) is 19.0. The molecule has 0 bridgehead atoms. The third kappa shape index (κ3) is 3.84. The van der Waals surface area contributed by atoms with Crippen molar-refractivity contribution in [3.8, 4) is 0 Å². The number of rotatable bonds is 4. The van der Waals surface area contributed by atoms with Crippen molar-refractivity contribution in [1.29, 1.82) is 0 Å². The van der Waals surface area contributed by atoms with Crippen molar-refractivity contribution in [3.05, 3.63) is 47.8 Å². The van der Waals surface area contributed by atoms with Crippen molar-refractivity contribution in [1.82, 2.24) is 19.8 Å². The molecule has 1 saturated heterocycles. The quantitative estimate of drug-likeness (QED) is 0.689. The van der Waals surface area contributed by atoms with Crippen LogP contribution in [0.3, 0.4) is 0 Å². The third-order valence-electron chi connectivity index (χ3n) is 4.52. The van der Waals surface area contributed by atoms with Gasteiger partial charge in [0.1, 0.15) is 5.82 Å². The van der Waals surface area contributed by atoms with Crippen LogP contribution in [0.4, 0.5) is 24.7 Å². The lowest BCUT2D eigenvalue weighted by Crippen LogP contribution is -2.25. The largest absolute Gasteiger partial charge is 0.453 e. The van der Waals surface area contributed by atoms with Gasteiger partial charge in [0.15, 0.2) is 5.65 Å². The number of alkyl halides is 3. The lowest BCUT2D eigenvalue weighted by molar-refractivity contribution is -0.146. The summed E-state index contributed by atoms with van der Waals surface area (Å²) >= 11 is 0. The molecular formula is C17H17F3N6O2S. The third-order valence-corrected chi connectivity index (χ3v) is 6.54. The number of nitrogens with zero attached hydrogens (tertiary/aromatic N) is 5. The average Bonchev–Trinajstić information content (AvgIpc) is 3.19. The maximum atomic E-state index is 12.9. The van der Waals surface area contributed by atoms with Crippen LogP contribution in [-0.2, 0) is 22.7 Å². The molecule has 12 heteroatoms. The van der Waals surface area contributed by atoms with Crippen LogP contribution in [0.25, 0.3) is 5.65 Å². The first-order chi connectivity index (χ1) is 13.6. The zero-order valence-corrected chi connectivity index (χ0v) is 16.1. The maximum Gasteiger partial charge on any atom is 0.453 e. The van der Waals surface area contributed by atoms with Crippen LogP contribution in [-0.4, -0.2) is 40.5 Å². The van der Waals surface area contributed by atoms with Crippen molar-refractivity contribution >= 4 is 27.2 Å². The molecule has 1 atom stereocenters. The number of benzene rings is 1. The number of nitrogens with one attached hydrogen (secondary N) is 1. The van der Waals surface area contributed by atoms with Crippen molar-refractivity contribution in [2.75, 3.05) is 21.9 Å². The number of sulfonamides is 1. The second-order valence-corrected chi connectivity index (χ2v) is 8.88. The van der Waals surface area contributed by atoms with E-state index in [1.165, 1.54) is 16.4 Å². The van der Waals surface area contributed by atoms with Crippen LogP contribution in [0, 0.1) is 5.92 Å². The smallest absolute Gasteiger partial charge is 0.365 e. The van der Waals surface area contributed by atoms with E-state index in [0.29, 0.717) is 23.3 Å². The van der Waals surface area contributed by atoms with Gasteiger partial charge in [-0.05, 0) is 35.7 Å². The Balaban J connectivity index is 1.48. The van der Waals surface area contributed by atoms with Gasteiger partial charge < -0.3 is 5.32 Å². The van der Waals surface area contributed by atoms with Crippen LogP contribution >= 0.6 is 0 Å². The lowest BCUT2D eigenvalue weighted by Gasteiger charge is -2.17. The molecule has 3 aromatic rings. The molecule has 0 saturated carbocycles. The predicted molar refractivity (Wildman–Crippen MR) is 99.8 cm³/mol. The highest BCUT2D eigenvalue weighted by molar-refractivity contribution is 7.93. The van der Waals surface area contributed by atoms with E-state index >= 15 is 0 Å². The maximum absolute atomic E-state index is 12.9. The number of aromatic nitrogens is 4. The van der Waals surface area contributed by atoms with E-state index in [1.54, 1.807) is 24.3 Å². The van der Waals surface area contributed by atoms with Gasteiger partial charge in [0.25, 0.3) is 5.82 Å². The van der Waals surface area contributed by atoms with Crippen molar-refractivity contribution in [2.24, 2.45) is 5.92 Å². The molecule has 2 aromatic heterocycles. The van der Waals surface area contributed by atoms with Gasteiger partial charge in [0, 0.05) is 13.1 Å². The van der Waals surface area contributed by atoms with Crippen molar-refractivity contribution in [2.45, 2.75) is 19.6 Å². The van der Waals surface area contributed by atoms with Crippen LogP contribution in [0.2, 0.25) is 0 Å². The second kappa shape index (κ2) is 6.87. The predicted octanol–water partition coefficient (Wildman–Crippen LogP) is 2.54. The summed E-state index contributed by atoms with van der Waals surface area (Å²) in [6.07, 6.45) is -4.66. The Morgan fingerprint density at radius 2 is 1.86 bits per heavy atom. The zero-order chi connectivity index (χ0) is 20.8. The number of fused-ring (bicyclic) bond motifs is 1. The number of anilines is 2. The molecule has 0 radical (unpaired) electrons. The summed E-state index contributed by atoms with van der Waals surface area (Å²) in [5, 5.41) is 13.4. The Morgan fingerprint density at radius 1 is 1.14 bits per heavy atom. The Bertz CT molecular complexity index is 1140. The molecule has 1 aliphatic rings. The minimum absolute atomic E-state index is 0.00622. The average molecular weight is 426 g/mol. The van der Waals surface area contributed by atoms with E-state index in [1.807, 2.05) is 6.92 Å². The first-order valence-electron chi connectivity index (χ1n) is 8.76. The molecule has 0 aliphatic carbocycles. The van der Waals surface area contributed by atoms with Crippen LogP contribution in [0.5, 0.6) is 0 Å². The van der Waals surface area contributed by atoms with Gasteiger partial charge in [-0.3, -0.25) is 4.31 Å². The minimum Gasteiger partial charge on any atom is -0.365 e. The molecule has 0 spiro atoms. The Hall–Kier alpha value is -2.89.